The Balaban J connectivity index is 2.78. The molecule has 0 spiro atoms. The zero-order valence-electron chi connectivity index (χ0n) is 7.45. The van der Waals surface area contributed by atoms with Crippen molar-refractivity contribution in [3.05, 3.63) is 29.8 Å². The van der Waals surface area contributed by atoms with Gasteiger partial charge in [-0.3, -0.25) is 0 Å². The van der Waals surface area contributed by atoms with Crippen molar-refractivity contribution < 1.29 is 17.9 Å². The fraction of sp³-hybridized carbons (Fsp3) is 0.222. The fourth-order valence-electron chi connectivity index (χ4n) is 0.951. The van der Waals surface area contributed by atoms with Crippen molar-refractivity contribution in [1.82, 2.24) is 0 Å². The highest BCUT2D eigenvalue weighted by Gasteiger charge is 2.30. The van der Waals surface area contributed by atoms with Crippen LogP contribution in [0.25, 0.3) is 0 Å². The van der Waals surface area contributed by atoms with Crippen molar-refractivity contribution >= 4 is 0 Å². The normalized spacial score (nSPS) is 13.0. The van der Waals surface area contributed by atoms with Gasteiger partial charge in [-0.1, -0.05) is 12.1 Å². The predicted molar refractivity (Wildman–Crippen MR) is 45.7 cm³/mol. The molecule has 1 rings (SSSR count). The topological polar surface area (TPSA) is 59.0 Å². The van der Waals surface area contributed by atoms with E-state index in [1.165, 1.54) is 12.1 Å². The minimum absolute atomic E-state index is 0.337. The molecular weight excluding hydrogens is 209 g/mol. The number of alkyl halides is 3. The van der Waals surface area contributed by atoms with E-state index in [9.17, 15) is 13.2 Å². The summed E-state index contributed by atoms with van der Waals surface area (Å²) in [6, 6.07) is 5.77. The third-order valence-electron chi connectivity index (χ3n) is 1.61. The van der Waals surface area contributed by atoms with Crippen LogP contribution in [0.5, 0.6) is 5.75 Å². The van der Waals surface area contributed by atoms with E-state index in [1.54, 1.807) is 6.07 Å². The Labute approximate surface area is 83.9 Å². The number of hydrogen-bond acceptors (Lipinski definition) is 3. The van der Waals surface area contributed by atoms with Crippen LogP contribution in [0.3, 0.4) is 0 Å². The number of benzene rings is 1. The lowest BCUT2D eigenvalue weighted by atomic mass is 10.1. The number of nitrogens with zero attached hydrogens (tertiary/aromatic N) is 1. The molecule has 1 atom stereocenters. The Morgan fingerprint density at radius 1 is 1.27 bits per heavy atom. The average molecular weight is 216 g/mol. The maximum atomic E-state index is 11.8. The second kappa shape index (κ2) is 4.19. The number of ether oxygens (including phenoxy) is 1. The molecule has 0 aliphatic rings. The first kappa shape index (κ1) is 11.3. The molecule has 0 bridgehead atoms. The van der Waals surface area contributed by atoms with Gasteiger partial charge < -0.3 is 10.5 Å². The smallest absolute Gasteiger partial charge is 0.406 e. The molecule has 0 aromatic heterocycles. The molecular formula is C9H7F3N2O. The van der Waals surface area contributed by atoms with Gasteiger partial charge in [-0.2, -0.15) is 5.26 Å². The van der Waals surface area contributed by atoms with E-state index < -0.39 is 12.4 Å². The predicted octanol–water partition coefficient (Wildman–Crippen LogP) is 2.11. The number of hydrogen-bond donors (Lipinski definition) is 1. The van der Waals surface area contributed by atoms with Crippen molar-refractivity contribution in [3.63, 3.8) is 0 Å². The van der Waals surface area contributed by atoms with E-state index in [4.69, 9.17) is 11.0 Å². The summed E-state index contributed by atoms with van der Waals surface area (Å²) in [5.41, 5.74) is 5.78. The van der Waals surface area contributed by atoms with Gasteiger partial charge in [0.25, 0.3) is 0 Å². The number of halogens is 3. The van der Waals surface area contributed by atoms with Gasteiger partial charge in [0.05, 0.1) is 6.07 Å². The monoisotopic (exact) mass is 216 g/mol. The van der Waals surface area contributed by atoms with Crippen LogP contribution in [0, 0.1) is 11.3 Å². The number of nitrogens with two attached hydrogens (primary N) is 1. The Kier molecular flexibility index (Phi) is 3.17. The number of rotatable bonds is 2. The van der Waals surface area contributed by atoms with E-state index in [1.807, 2.05) is 0 Å². The van der Waals surface area contributed by atoms with Crippen molar-refractivity contribution in [2.24, 2.45) is 5.73 Å². The molecule has 3 nitrogen and oxygen atoms in total. The van der Waals surface area contributed by atoms with Gasteiger partial charge in [0, 0.05) is 0 Å². The summed E-state index contributed by atoms with van der Waals surface area (Å²) >= 11 is 0. The van der Waals surface area contributed by atoms with Crippen LogP contribution in [-0.2, 0) is 0 Å². The number of nitriles is 1. The van der Waals surface area contributed by atoms with Crippen LogP contribution in [0.15, 0.2) is 24.3 Å². The Morgan fingerprint density at radius 2 is 1.80 bits per heavy atom. The molecule has 0 unspecified atom stereocenters. The first-order valence-corrected chi connectivity index (χ1v) is 3.93. The molecule has 0 saturated carbocycles. The third-order valence-corrected chi connectivity index (χ3v) is 1.61. The first-order chi connectivity index (χ1) is 6.92. The largest absolute Gasteiger partial charge is 0.573 e. The van der Waals surface area contributed by atoms with E-state index >= 15 is 0 Å². The molecule has 1 aromatic carbocycles. The minimum atomic E-state index is -4.71. The lowest BCUT2D eigenvalue weighted by Crippen LogP contribution is -2.17. The van der Waals surface area contributed by atoms with Crippen LogP contribution in [0.1, 0.15) is 11.6 Å². The zero-order valence-corrected chi connectivity index (χ0v) is 7.45. The van der Waals surface area contributed by atoms with Gasteiger partial charge >= 0.3 is 6.36 Å². The lowest BCUT2D eigenvalue weighted by molar-refractivity contribution is -0.274. The highest BCUT2D eigenvalue weighted by Crippen LogP contribution is 2.23. The summed E-state index contributed by atoms with van der Waals surface area (Å²) in [4.78, 5) is 0. The van der Waals surface area contributed by atoms with Crippen molar-refractivity contribution in [3.8, 4) is 11.8 Å². The van der Waals surface area contributed by atoms with Crippen LogP contribution < -0.4 is 10.5 Å². The van der Waals surface area contributed by atoms with Crippen LogP contribution in [0.2, 0.25) is 0 Å². The van der Waals surface area contributed by atoms with Crippen LogP contribution in [0.4, 0.5) is 13.2 Å². The first-order valence-electron chi connectivity index (χ1n) is 3.93. The standard InChI is InChI=1S/C9H7F3N2O/c10-9(11,12)15-7-3-1-6(2-4-7)8(14)5-13/h1-4,8H,14H2/t8-/m1/s1. The third kappa shape index (κ3) is 3.48. The molecule has 15 heavy (non-hydrogen) atoms. The highest BCUT2D eigenvalue weighted by atomic mass is 19.4. The molecule has 0 heterocycles. The van der Waals surface area contributed by atoms with Gasteiger partial charge in [0.1, 0.15) is 11.8 Å². The molecule has 0 aliphatic carbocycles. The quantitative estimate of drug-likeness (QED) is 0.823. The van der Waals surface area contributed by atoms with E-state index in [-0.39, 0.29) is 5.75 Å². The van der Waals surface area contributed by atoms with Gasteiger partial charge in [-0.25, -0.2) is 0 Å². The molecule has 80 valence electrons. The molecule has 6 heteroatoms. The highest BCUT2D eigenvalue weighted by molar-refractivity contribution is 5.31. The van der Waals surface area contributed by atoms with Crippen LogP contribution >= 0.6 is 0 Å². The summed E-state index contributed by atoms with van der Waals surface area (Å²) in [6.45, 7) is 0. The lowest BCUT2D eigenvalue weighted by Gasteiger charge is -2.09. The second-order valence-electron chi connectivity index (χ2n) is 2.72. The molecule has 0 saturated heterocycles. The van der Waals surface area contributed by atoms with Crippen molar-refractivity contribution in [1.29, 1.82) is 5.26 Å². The molecule has 0 radical (unpaired) electrons. The summed E-state index contributed by atoms with van der Waals surface area (Å²) in [5.74, 6) is -0.337. The minimum Gasteiger partial charge on any atom is -0.406 e. The molecule has 1 aromatic rings. The summed E-state index contributed by atoms with van der Waals surface area (Å²) in [6.07, 6.45) is -4.71. The summed E-state index contributed by atoms with van der Waals surface area (Å²) in [5, 5.41) is 8.46. The fourth-order valence-corrected chi connectivity index (χ4v) is 0.951. The Bertz CT molecular complexity index is 366. The van der Waals surface area contributed by atoms with Crippen molar-refractivity contribution in [2.75, 3.05) is 0 Å². The average Bonchev–Trinajstić information content (AvgIpc) is 2.15. The Hall–Kier alpha value is -1.74. The maximum absolute atomic E-state index is 11.8. The zero-order chi connectivity index (χ0) is 11.5. The van der Waals surface area contributed by atoms with Crippen LogP contribution in [-0.4, -0.2) is 6.36 Å². The van der Waals surface area contributed by atoms with Crippen molar-refractivity contribution in [2.45, 2.75) is 12.4 Å². The summed E-state index contributed by atoms with van der Waals surface area (Å²) < 4.78 is 38.9. The van der Waals surface area contributed by atoms with Gasteiger partial charge in [0.2, 0.25) is 0 Å². The van der Waals surface area contributed by atoms with Gasteiger partial charge in [-0.15, -0.1) is 13.2 Å². The molecule has 0 fully saturated rings. The van der Waals surface area contributed by atoms with Gasteiger partial charge in [0.15, 0.2) is 0 Å². The molecule has 2 N–H and O–H groups in total. The molecule has 0 amide bonds. The maximum Gasteiger partial charge on any atom is 0.573 e. The second-order valence-corrected chi connectivity index (χ2v) is 2.72. The molecule has 0 aliphatic heterocycles. The van der Waals surface area contributed by atoms with E-state index in [2.05, 4.69) is 4.74 Å². The van der Waals surface area contributed by atoms with Gasteiger partial charge in [-0.05, 0) is 17.7 Å². The summed E-state index contributed by atoms with van der Waals surface area (Å²) in [7, 11) is 0. The SMILES string of the molecule is N#C[C@@H](N)c1ccc(OC(F)(F)F)cc1. The van der Waals surface area contributed by atoms with E-state index in [0.29, 0.717) is 5.56 Å². The van der Waals surface area contributed by atoms with E-state index in [0.717, 1.165) is 12.1 Å². The Morgan fingerprint density at radius 3 is 2.20 bits per heavy atom.